The number of aromatic nitrogens is 1. The number of benzene rings is 1. The van der Waals surface area contributed by atoms with Crippen molar-refractivity contribution in [1.82, 2.24) is 15.8 Å². The molecular weight excluding hydrogens is 418 g/mol. The zero-order valence-corrected chi connectivity index (χ0v) is 19.3. The van der Waals surface area contributed by atoms with Gasteiger partial charge in [-0.25, -0.2) is 0 Å². The summed E-state index contributed by atoms with van der Waals surface area (Å²) in [6, 6.07) is 7.95. The van der Waals surface area contributed by atoms with Gasteiger partial charge in [0.1, 0.15) is 5.76 Å². The number of fused-ring (bicyclic) bond motifs is 1. The van der Waals surface area contributed by atoms with Gasteiger partial charge in [0.15, 0.2) is 11.5 Å². The maximum atomic E-state index is 12.7. The first-order chi connectivity index (χ1) is 16.2. The van der Waals surface area contributed by atoms with Crippen molar-refractivity contribution in [2.75, 3.05) is 19.9 Å². The Morgan fingerprint density at radius 1 is 1.03 bits per heavy atom. The van der Waals surface area contributed by atoms with E-state index in [4.69, 9.17) is 14.0 Å². The molecule has 0 bridgehead atoms. The van der Waals surface area contributed by atoms with Gasteiger partial charge in [-0.05, 0) is 61.4 Å². The summed E-state index contributed by atoms with van der Waals surface area (Å²) in [5.74, 6) is 4.12. The molecule has 1 aliphatic carbocycles. The van der Waals surface area contributed by atoms with Gasteiger partial charge in [0, 0.05) is 25.5 Å². The molecular formula is C26H35N3O4. The van der Waals surface area contributed by atoms with E-state index < -0.39 is 0 Å². The molecule has 2 aromatic rings. The van der Waals surface area contributed by atoms with Gasteiger partial charge in [-0.1, -0.05) is 43.3 Å². The summed E-state index contributed by atoms with van der Waals surface area (Å²) >= 11 is 0. The van der Waals surface area contributed by atoms with Crippen molar-refractivity contribution in [2.24, 2.45) is 17.8 Å². The van der Waals surface area contributed by atoms with Gasteiger partial charge < -0.3 is 24.6 Å². The fourth-order valence-corrected chi connectivity index (χ4v) is 5.54. The molecule has 1 aromatic carbocycles. The number of hydrogen-bond acceptors (Lipinski definition) is 6. The summed E-state index contributed by atoms with van der Waals surface area (Å²) < 4.78 is 16.5. The van der Waals surface area contributed by atoms with Crippen molar-refractivity contribution in [1.29, 1.82) is 0 Å². The van der Waals surface area contributed by atoms with E-state index >= 15 is 0 Å². The third kappa shape index (κ3) is 5.88. The second-order valence-electron chi connectivity index (χ2n) is 9.88. The van der Waals surface area contributed by atoms with Crippen LogP contribution >= 0.6 is 0 Å². The van der Waals surface area contributed by atoms with Gasteiger partial charge >= 0.3 is 0 Å². The Balaban J connectivity index is 1.11. The molecule has 1 aromatic heterocycles. The van der Waals surface area contributed by atoms with Crippen LogP contribution in [0, 0.1) is 17.8 Å². The Hall–Kier alpha value is -2.54. The van der Waals surface area contributed by atoms with Crippen LogP contribution in [0.2, 0.25) is 0 Å². The molecule has 0 spiro atoms. The predicted molar refractivity (Wildman–Crippen MR) is 124 cm³/mol. The Morgan fingerprint density at radius 3 is 2.82 bits per heavy atom. The van der Waals surface area contributed by atoms with Crippen LogP contribution in [-0.2, 0) is 24.2 Å². The van der Waals surface area contributed by atoms with E-state index in [-0.39, 0.29) is 12.7 Å². The van der Waals surface area contributed by atoms with Gasteiger partial charge in [-0.15, -0.1) is 0 Å². The highest BCUT2D eigenvalue weighted by molar-refractivity contribution is 5.76. The summed E-state index contributed by atoms with van der Waals surface area (Å²) in [5.41, 5.74) is 2.04. The van der Waals surface area contributed by atoms with Gasteiger partial charge in [0.05, 0.1) is 5.69 Å². The van der Waals surface area contributed by atoms with Crippen LogP contribution in [0.15, 0.2) is 28.8 Å². The van der Waals surface area contributed by atoms with Crippen molar-refractivity contribution in [3.05, 3.63) is 41.3 Å². The van der Waals surface area contributed by atoms with E-state index in [1.807, 2.05) is 18.2 Å². The molecule has 3 heterocycles. The lowest BCUT2D eigenvalue weighted by atomic mass is 9.81. The fraction of sp³-hybridized carbons (Fsp3) is 0.615. The number of carbonyl (C=O) groups excluding carboxylic acids is 1. The Morgan fingerprint density at radius 2 is 1.91 bits per heavy atom. The van der Waals surface area contributed by atoms with Crippen LogP contribution in [0.3, 0.4) is 0 Å². The van der Waals surface area contributed by atoms with Crippen molar-refractivity contribution >= 4 is 5.91 Å². The molecule has 7 nitrogen and oxygen atoms in total. The molecule has 1 saturated carbocycles. The minimum atomic E-state index is 0.0997. The van der Waals surface area contributed by atoms with E-state index in [0.29, 0.717) is 24.8 Å². The lowest BCUT2D eigenvalue weighted by Gasteiger charge is -2.31. The molecule has 0 radical (unpaired) electrons. The molecule has 2 N–H and O–H groups in total. The smallest absolute Gasteiger partial charge is 0.231 e. The standard InChI is InChI=1S/C26H35N3O4/c30-26(28-15-19-6-7-24-25(11-19)32-17-31-24)13-20-8-9-27-16-21(20)12-22-14-23(33-29-22)10-18-4-2-1-3-5-18/h6-7,11,14,18,20-21,27H,1-5,8-10,12-13,15-17H2,(H,28,30)/t20-,21-/m0/s1. The van der Waals surface area contributed by atoms with Gasteiger partial charge in [0.2, 0.25) is 12.7 Å². The lowest BCUT2D eigenvalue weighted by molar-refractivity contribution is -0.122. The van der Waals surface area contributed by atoms with Crippen LogP contribution in [0.4, 0.5) is 0 Å². The van der Waals surface area contributed by atoms with E-state index in [9.17, 15) is 4.79 Å². The first-order valence-electron chi connectivity index (χ1n) is 12.5. The highest BCUT2D eigenvalue weighted by Gasteiger charge is 2.28. The van der Waals surface area contributed by atoms with Crippen molar-refractivity contribution in [2.45, 2.75) is 64.3 Å². The normalized spacial score (nSPS) is 22.9. The zero-order chi connectivity index (χ0) is 22.5. The van der Waals surface area contributed by atoms with E-state index in [1.165, 1.54) is 32.1 Å². The van der Waals surface area contributed by atoms with Crippen LogP contribution in [0.1, 0.15) is 62.0 Å². The molecule has 33 heavy (non-hydrogen) atoms. The maximum Gasteiger partial charge on any atom is 0.231 e. The molecule has 1 amide bonds. The van der Waals surface area contributed by atoms with Crippen molar-refractivity contribution in [3.63, 3.8) is 0 Å². The van der Waals surface area contributed by atoms with E-state index in [1.54, 1.807) is 0 Å². The molecule has 2 aliphatic heterocycles. The first-order valence-corrected chi connectivity index (χ1v) is 12.5. The largest absolute Gasteiger partial charge is 0.454 e. The van der Waals surface area contributed by atoms with Crippen LogP contribution in [0.25, 0.3) is 0 Å². The molecule has 2 fully saturated rings. The second-order valence-corrected chi connectivity index (χ2v) is 9.88. The quantitative estimate of drug-likeness (QED) is 0.628. The zero-order valence-electron chi connectivity index (χ0n) is 19.3. The van der Waals surface area contributed by atoms with E-state index in [0.717, 1.165) is 66.8 Å². The predicted octanol–water partition coefficient (Wildman–Crippen LogP) is 4.00. The molecule has 1 saturated heterocycles. The van der Waals surface area contributed by atoms with Crippen molar-refractivity contribution < 1.29 is 18.8 Å². The highest BCUT2D eigenvalue weighted by atomic mass is 16.7. The number of ether oxygens (including phenoxy) is 2. The molecule has 178 valence electrons. The number of rotatable bonds is 8. The second kappa shape index (κ2) is 10.6. The van der Waals surface area contributed by atoms with E-state index in [2.05, 4.69) is 21.9 Å². The average molecular weight is 454 g/mol. The summed E-state index contributed by atoms with van der Waals surface area (Å²) in [7, 11) is 0. The topological polar surface area (TPSA) is 85.6 Å². The monoisotopic (exact) mass is 453 g/mol. The van der Waals surface area contributed by atoms with Crippen LogP contribution < -0.4 is 20.1 Å². The number of nitrogens with one attached hydrogen (secondary N) is 2. The molecule has 7 heteroatoms. The summed E-state index contributed by atoms with van der Waals surface area (Å²) in [6.07, 6.45) is 10.1. The molecule has 3 aliphatic rings. The Bertz CT molecular complexity index is 937. The Labute approximate surface area is 195 Å². The van der Waals surface area contributed by atoms with Crippen LogP contribution in [-0.4, -0.2) is 30.9 Å². The first kappa shape index (κ1) is 22.3. The lowest BCUT2D eigenvalue weighted by Crippen LogP contribution is -2.40. The number of nitrogens with zero attached hydrogens (tertiary/aromatic N) is 1. The fourth-order valence-electron chi connectivity index (χ4n) is 5.54. The van der Waals surface area contributed by atoms with Gasteiger partial charge in [-0.3, -0.25) is 4.79 Å². The Kier molecular flexibility index (Phi) is 7.15. The summed E-state index contributed by atoms with van der Waals surface area (Å²) in [6.45, 7) is 2.64. The number of piperidine rings is 1. The highest BCUT2D eigenvalue weighted by Crippen LogP contribution is 2.33. The number of amides is 1. The minimum absolute atomic E-state index is 0.0997. The van der Waals surface area contributed by atoms with Gasteiger partial charge in [-0.2, -0.15) is 0 Å². The minimum Gasteiger partial charge on any atom is -0.454 e. The average Bonchev–Trinajstić information content (AvgIpc) is 3.48. The van der Waals surface area contributed by atoms with Gasteiger partial charge in [0.25, 0.3) is 0 Å². The maximum absolute atomic E-state index is 12.7. The number of hydrogen-bond donors (Lipinski definition) is 2. The summed E-state index contributed by atoms with van der Waals surface area (Å²) in [4.78, 5) is 12.7. The number of carbonyl (C=O) groups is 1. The van der Waals surface area contributed by atoms with Crippen molar-refractivity contribution in [3.8, 4) is 11.5 Å². The molecule has 2 atom stereocenters. The SMILES string of the molecule is O=C(C[C@@H]1CCNC[C@@H]1Cc1cc(CC2CCCCC2)on1)NCc1ccc2c(c1)OCO2. The molecule has 5 rings (SSSR count). The van der Waals surface area contributed by atoms with Crippen LogP contribution in [0.5, 0.6) is 11.5 Å². The third-order valence-electron chi connectivity index (χ3n) is 7.43. The summed E-state index contributed by atoms with van der Waals surface area (Å²) in [5, 5.41) is 10.9. The molecule has 0 unspecified atom stereocenters. The third-order valence-corrected chi connectivity index (χ3v) is 7.43.